The smallest absolute Gasteiger partial charge is 0.457 e. The molecule has 0 amide bonds. The van der Waals surface area contributed by atoms with Crippen LogP contribution in [0.4, 0.5) is 49.6 Å². The van der Waals surface area contributed by atoms with E-state index in [0.29, 0.717) is 12.1 Å². The summed E-state index contributed by atoms with van der Waals surface area (Å²) in [4.78, 5) is 1.35. The molecule has 0 aromatic heterocycles. The summed E-state index contributed by atoms with van der Waals surface area (Å²) in [5, 5.41) is 10.9. The molecule has 4 rings (SSSR count). The van der Waals surface area contributed by atoms with Crippen molar-refractivity contribution < 1.29 is 58.5 Å². The van der Waals surface area contributed by atoms with Crippen molar-refractivity contribution in [1.82, 2.24) is 0 Å². The Balaban J connectivity index is 1.63. The molecule has 1 atom stereocenters. The zero-order valence-corrected chi connectivity index (χ0v) is 22.1. The number of benzene rings is 4. The highest BCUT2D eigenvalue weighted by Crippen LogP contribution is 2.34. The largest absolute Gasteiger partial charge is 0.573 e. The van der Waals surface area contributed by atoms with Gasteiger partial charge in [0.05, 0.1) is 17.2 Å². The molecule has 4 aromatic rings. The van der Waals surface area contributed by atoms with E-state index in [4.69, 9.17) is 4.74 Å². The van der Waals surface area contributed by atoms with Gasteiger partial charge in [-0.15, -0.1) is 13.2 Å². The van der Waals surface area contributed by atoms with E-state index in [2.05, 4.69) is 4.74 Å². The van der Waals surface area contributed by atoms with E-state index in [-0.39, 0.29) is 41.4 Å². The van der Waals surface area contributed by atoms with Gasteiger partial charge in [-0.1, -0.05) is 30.3 Å². The maximum atomic E-state index is 14.8. The van der Waals surface area contributed by atoms with Crippen LogP contribution in [-0.2, 0) is 18.9 Å². The molecule has 4 nitrogen and oxygen atoms in total. The Morgan fingerprint density at radius 2 is 1.23 bits per heavy atom. The van der Waals surface area contributed by atoms with E-state index in [1.807, 2.05) is 0 Å². The fourth-order valence-electron chi connectivity index (χ4n) is 4.14. The number of halogens is 10. The van der Waals surface area contributed by atoms with Crippen LogP contribution in [0.5, 0.6) is 17.2 Å². The van der Waals surface area contributed by atoms with Crippen LogP contribution in [0.1, 0.15) is 28.4 Å². The molecule has 0 bridgehead atoms. The number of alkyl halides is 9. The lowest BCUT2D eigenvalue weighted by atomic mass is 10.0. The zero-order valence-electron chi connectivity index (χ0n) is 22.1. The molecule has 0 heterocycles. The van der Waals surface area contributed by atoms with E-state index >= 15 is 0 Å². The highest BCUT2D eigenvalue weighted by Gasteiger charge is 2.33. The first-order valence-electron chi connectivity index (χ1n) is 12.6. The van der Waals surface area contributed by atoms with E-state index in [9.17, 15) is 49.0 Å². The summed E-state index contributed by atoms with van der Waals surface area (Å²) >= 11 is 0. The number of aliphatic hydroxyl groups excluding tert-OH is 1. The SMILES string of the molecule is OC(CN(Cc1ccc(C(F)(F)F)cc1F)c1cccc(Oc2cccc(OC(F)(F)F)c2)c1)c1ccc(C(F)(F)F)cc1. The monoisotopic (exact) mass is 633 g/mol. The summed E-state index contributed by atoms with van der Waals surface area (Å²) in [5.74, 6) is -1.71. The molecule has 1 unspecified atom stereocenters. The highest BCUT2D eigenvalue weighted by molar-refractivity contribution is 5.53. The van der Waals surface area contributed by atoms with Crippen molar-refractivity contribution in [3.8, 4) is 17.2 Å². The van der Waals surface area contributed by atoms with Crippen LogP contribution in [0.3, 0.4) is 0 Å². The number of aliphatic hydroxyl groups is 1. The summed E-state index contributed by atoms with van der Waals surface area (Å²) in [7, 11) is 0. The summed E-state index contributed by atoms with van der Waals surface area (Å²) in [6, 6.07) is 15.9. The van der Waals surface area contributed by atoms with Gasteiger partial charge in [0.1, 0.15) is 23.1 Å². The lowest BCUT2D eigenvalue weighted by Gasteiger charge is -2.28. The second kappa shape index (κ2) is 12.6. The lowest BCUT2D eigenvalue weighted by Crippen LogP contribution is -2.28. The van der Waals surface area contributed by atoms with Crippen molar-refractivity contribution in [2.75, 3.05) is 11.4 Å². The zero-order chi connectivity index (χ0) is 32.3. The second-order valence-electron chi connectivity index (χ2n) is 9.44. The number of anilines is 1. The molecular formula is C30H21F10NO3. The number of ether oxygens (including phenoxy) is 2. The van der Waals surface area contributed by atoms with E-state index in [1.54, 1.807) is 0 Å². The maximum Gasteiger partial charge on any atom is 0.573 e. The highest BCUT2D eigenvalue weighted by atomic mass is 19.4. The van der Waals surface area contributed by atoms with Gasteiger partial charge in [0.25, 0.3) is 0 Å². The Morgan fingerprint density at radius 1 is 0.659 bits per heavy atom. The third-order valence-electron chi connectivity index (χ3n) is 6.22. The van der Waals surface area contributed by atoms with Gasteiger partial charge in [0.15, 0.2) is 0 Å². The standard InChI is InChI=1S/C30H21F10NO3/c31-26-13-21(29(35,36)37)12-9-19(26)16-41(17-27(42)18-7-10-20(11-8-18)28(32,33)34)22-3-1-4-23(14-22)43-24-5-2-6-25(15-24)44-30(38,39)40/h1-15,27,42H,16-17H2. The fraction of sp³-hybridized carbons (Fsp3) is 0.200. The predicted octanol–water partition coefficient (Wildman–Crippen LogP) is 9.29. The first-order chi connectivity index (χ1) is 20.5. The van der Waals surface area contributed by atoms with Crippen molar-refractivity contribution in [1.29, 1.82) is 0 Å². The Morgan fingerprint density at radius 3 is 1.82 bits per heavy atom. The molecule has 0 aliphatic heterocycles. The number of hydrogen-bond donors (Lipinski definition) is 1. The Bertz CT molecular complexity index is 1570. The second-order valence-corrected chi connectivity index (χ2v) is 9.44. The summed E-state index contributed by atoms with van der Waals surface area (Å²) in [6.45, 7) is -0.746. The first kappa shape index (κ1) is 32.5. The molecule has 1 N–H and O–H groups in total. The quantitative estimate of drug-likeness (QED) is 0.187. The van der Waals surface area contributed by atoms with Crippen LogP contribution in [0.2, 0.25) is 0 Å². The first-order valence-corrected chi connectivity index (χ1v) is 12.6. The normalized spacial score (nSPS) is 13.0. The van der Waals surface area contributed by atoms with Crippen molar-refractivity contribution in [3.05, 3.63) is 119 Å². The van der Waals surface area contributed by atoms with Crippen LogP contribution >= 0.6 is 0 Å². The van der Waals surface area contributed by atoms with E-state index in [1.165, 1.54) is 41.3 Å². The van der Waals surface area contributed by atoms with Gasteiger partial charge in [-0.25, -0.2) is 4.39 Å². The van der Waals surface area contributed by atoms with Crippen LogP contribution in [-0.4, -0.2) is 18.0 Å². The molecular weight excluding hydrogens is 612 g/mol. The Labute approximate surface area is 243 Å². The van der Waals surface area contributed by atoms with Gasteiger partial charge in [-0.3, -0.25) is 0 Å². The number of nitrogens with zero attached hydrogens (tertiary/aromatic N) is 1. The van der Waals surface area contributed by atoms with Gasteiger partial charge in [-0.2, -0.15) is 26.3 Å². The van der Waals surface area contributed by atoms with Gasteiger partial charge in [-0.05, 0) is 54.1 Å². The molecule has 0 spiro atoms. The van der Waals surface area contributed by atoms with Crippen LogP contribution < -0.4 is 14.4 Å². The van der Waals surface area contributed by atoms with Crippen molar-refractivity contribution in [3.63, 3.8) is 0 Å². The third kappa shape index (κ3) is 8.78. The number of hydrogen-bond acceptors (Lipinski definition) is 4. The minimum atomic E-state index is -4.94. The van der Waals surface area contributed by atoms with Crippen LogP contribution in [0.15, 0.2) is 91.0 Å². The molecule has 44 heavy (non-hydrogen) atoms. The minimum Gasteiger partial charge on any atom is -0.457 e. The van der Waals surface area contributed by atoms with Gasteiger partial charge in [0, 0.05) is 36.5 Å². The van der Waals surface area contributed by atoms with Crippen LogP contribution in [0.25, 0.3) is 0 Å². The molecule has 0 aliphatic rings. The fourth-order valence-corrected chi connectivity index (χ4v) is 4.14. The van der Waals surface area contributed by atoms with Crippen LogP contribution in [0, 0.1) is 5.82 Å². The van der Waals surface area contributed by atoms with E-state index in [0.717, 1.165) is 42.5 Å². The number of rotatable bonds is 9. The van der Waals surface area contributed by atoms with Gasteiger partial charge in [0.2, 0.25) is 0 Å². The average Bonchev–Trinajstić information content (AvgIpc) is 2.92. The topological polar surface area (TPSA) is 41.9 Å². The Hall–Kier alpha value is -4.46. The van der Waals surface area contributed by atoms with Crippen molar-refractivity contribution in [2.24, 2.45) is 0 Å². The summed E-state index contributed by atoms with van der Waals surface area (Å²) in [6.07, 6.45) is -15.8. The molecule has 0 radical (unpaired) electrons. The van der Waals surface area contributed by atoms with Gasteiger partial charge < -0.3 is 19.5 Å². The van der Waals surface area contributed by atoms with Gasteiger partial charge >= 0.3 is 18.7 Å². The van der Waals surface area contributed by atoms with E-state index < -0.39 is 47.5 Å². The van der Waals surface area contributed by atoms with Crippen molar-refractivity contribution in [2.45, 2.75) is 31.4 Å². The molecule has 4 aromatic carbocycles. The summed E-state index contributed by atoms with van der Waals surface area (Å²) in [5.41, 5.74) is -2.06. The third-order valence-corrected chi connectivity index (χ3v) is 6.22. The Kier molecular flexibility index (Phi) is 9.33. The molecule has 14 heteroatoms. The average molecular weight is 633 g/mol. The predicted molar refractivity (Wildman–Crippen MR) is 138 cm³/mol. The maximum absolute atomic E-state index is 14.8. The summed E-state index contributed by atoms with van der Waals surface area (Å²) < 4.78 is 140. The molecule has 0 fully saturated rings. The molecule has 234 valence electrons. The molecule has 0 saturated carbocycles. The molecule has 0 aliphatic carbocycles. The van der Waals surface area contributed by atoms with Crippen molar-refractivity contribution >= 4 is 5.69 Å². The lowest BCUT2D eigenvalue weighted by molar-refractivity contribution is -0.274. The minimum absolute atomic E-state index is 0.0472. The molecule has 0 saturated heterocycles.